The Kier molecular flexibility index (Phi) is 12.9. The first-order chi connectivity index (χ1) is 7.81. The van der Waals surface area contributed by atoms with Crippen molar-refractivity contribution >= 4 is 0 Å². The third-order valence-electron chi connectivity index (χ3n) is 3.22. The molecule has 16 heavy (non-hydrogen) atoms. The predicted octanol–water partition coefficient (Wildman–Crippen LogP) is 2.90. The molecule has 2 nitrogen and oxygen atoms in total. The second kappa shape index (κ2) is 13.0. The Morgan fingerprint density at radius 3 is 1.69 bits per heavy atom. The number of aliphatic hydroxyl groups excluding tert-OH is 1. The number of aliphatic hydroxyl groups is 1. The Balaban J connectivity index is 2.93. The monoisotopic (exact) mass is 230 g/mol. The quantitative estimate of drug-likeness (QED) is 0.498. The summed E-state index contributed by atoms with van der Waals surface area (Å²) in [5.74, 6) is 0. The van der Waals surface area contributed by atoms with Crippen LogP contribution in [0.5, 0.6) is 0 Å². The van der Waals surface area contributed by atoms with Crippen LogP contribution in [0.3, 0.4) is 0 Å². The van der Waals surface area contributed by atoms with Gasteiger partial charge >= 0.3 is 0 Å². The molecule has 1 unspecified atom stereocenters. The van der Waals surface area contributed by atoms with Gasteiger partial charge in [0.05, 0.1) is 6.61 Å². The highest BCUT2D eigenvalue weighted by molar-refractivity contribution is 4.52. The van der Waals surface area contributed by atoms with Crippen molar-refractivity contribution in [3.8, 4) is 0 Å². The van der Waals surface area contributed by atoms with Gasteiger partial charge in [-0.3, -0.25) is 0 Å². The van der Waals surface area contributed by atoms with Gasteiger partial charge in [0.25, 0.3) is 0 Å². The van der Waals surface area contributed by atoms with Crippen molar-refractivity contribution < 1.29 is 10.8 Å². The summed E-state index contributed by atoms with van der Waals surface area (Å²) in [7, 11) is 0. The van der Waals surface area contributed by atoms with Gasteiger partial charge in [0.1, 0.15) is 6.04 Å². The number of hydrogen-bond acceptors (Lipinski definition) is 1. The molecule has 0 radical (unpaired) electrons. The highest BCUT2D eigenvalue weighted by Gasteiger charge is 2.02. The van der Waals surface area contributed by atoms with Crippen LogP contribution in [-0.2, 0) is 0 Å². The second-order valence-corrected chi connectivity index (χ2v) is 5.02. The van der Waals surface area contributed by atoms with Crippen LogP contribution in [0, 0.1) is 0 Å². The van der Waals surface area contributed by atoms with E-state index in [2.05, 4.69) is 12.7 Å². The lowest BCUT2D eigenvalue weighted by Gasteiger charge is -2.04. The van der Waals surface area contributed by atoms with E-state index in [9.17, 15) is 0 Å². The zero-order valence-electron chi connectivity index (χ0n) is 11.2. The molecule has 4 N–H and O–H groups in total. The van der Waals surface area contributed by atoms with Crippen LogP contribution in [0.25, 0.3) is 0 Å². The van der Waals surface area contributed by atoms with Gasteiger partial charge in [-0.05, 0) is 6.42 Å². The summed E-state index contributed by atoms with van der Waals surface area (Å²) in [6.45, 7) is 2.51. The summed E-state index contributed by atoms with van der Waals surface area (Å²) >= 11 is 0. The molecule has 1 atom stereocenters. The van der Waals surface area contributed by atoms with Gasteiger partial charge < -0.3 is 10.8 Å². The zero-order valence-corrected chi connectivity index (χ0v) is 11.2. The Bertz CT molecular complexity index is 128. The van der Waals surface area contributed by atoms with Gasteiger partial charge in [0.2, 0.25) is 0 Å². The van der Waals surface area contributed by atoms with Crippen LogP contribution in [0.15, 0.2) is 0 Å². The van der Waals surface area contributed by atoms with E-state index in [4.69, 9.17) is 5.11 Å². The lowest BCUT2D eigenvalue weighted by molar-refractivity contribution is -0.426. The van der Waals surface area contributed by atoms with E-state index in [-0.39, 0.29) is 12.6 Å². The fourth-order valence-electron chi connectivity index (χ4n) is 2.01. The highest BCUT2D eigenvalue weighted by Crippen LogP contribution is 2.11. The molecule has 0 aliphatic heterocycles. The minimum absolute atomic E-state index is 0.247. The molecule has 0 spiro atoms. The molecule has 0 aliphatic carbocycles. The van der Waals surface area contributed by atoms with Crippen LogP contribution >= 0.6 is 0 Å². The molecule has 98 valence electrons. The Hall–Kier alpha value is -0.0800. The largest absolute Gasteiger partial charge is 0.390 e. The first-order valence-corrected chi connectivity index (χ1v) is 7.25. The molecule has 0 saturated carbocycles. The van der Waals surface area contributed by atoms with Gasteiger partial charge in [-0.25, -0.2) is 0 Å². The van der Waals surface area contributed by atoms with Gasteiger partial charge in [0, 0.05) is 6.42 Å². The maximum atomic E-state index is 8.82. The number of unbranched alkanes of at least 4 members (excludes halogenated alkanes) is 9. The minimum Gasteiger partial charge on any atom is -0.390 e. The van der Waals surface area contributed by atoms with Crippen molar-refractivity contribution in [2.45, 2.75) is 83.6 Å². The van der Waals surface area contributed by atoms with Crippen LogP contribution < -0.4 is 5.73 Å². The van der Waals surface area contributed by atoms with E-state index >= 15 is 0 Å². The third kappa shape index (κ3) is 12.0. The molecule has 2 heteroatoms. The molecule has 0 heterocycles. The topological polar surface area (TPSA) is 47.9 Å². The van der Waals surface area contributed by atoms with E-state index in [0.29, 0.717) is 0 Å². The fourth-order valence-corrected chi connectivity index (χ4v) is 2.01. The Morgan fingerprint density at radius 2 is 1.25 bits per heavy atom. The van der Waals surface area contributed by atoms with Crippen LogP contribution in [0.1, 0.15) is 77.6 Å². The average molecular weight is 230 g/mol. The molecular weight excluding hydrogens is 198 g/mol. The van der Waals surface area contributed by atoms with Gasteiger partial charge in [0.15, 0.2) is 0 Å². The van der Waals surface area contributed by atoms with Gasteiger partial charge in [-0.15, -0.1) is 0 Å². The summed E-state index contributed by atoms with van der Waals surface area (Å²) in [6, 6.07) is 0.258. The minimum atomic E-state index is 0.247. The Labute approximate surface area is 102 Å². The molecule has 0 bridgehead atoms. The summed E-state index contributed by atoms with van der Waals surface area (Å²) in [5, 5.41) is 8.82. The van der Waals surface area contributed by atoms with E-state index in [1.54, 1.807) is 0 Å². The van der Waals surface area contributed by atoms with E-state index < -0.39 is 0 Å². The molecule has 0 fully saturated rings. The summed E-state index contributed by atoms with van der Waals surface area (Å²) in [5.41, 5.74) is 3.88. The van der Waals surface area contributed by atoms with Crippen LogP contribution in [0.4, 0.5) is 0 Å². The number of hydrogen-bond donors (Lipinski definition) is 2. The maximum absolute atomic E-state index is 8.82. The summed E-state index contributed by atoms with van der Waals surface area (Å²) in [4.78, 5) is 0. The van der Waals surface area contributed by atoms with E-state index in [0.717, 1.165) is 6.42 Å². The second-order valence-electron chi connectivity index (χ2n) is 5.02. The first kappa shape index (κ1) is 15.9. The van der Waals surface area contributed by atoms with Gasteiger partial charge in [-0.2, -0.15) is 0 Å². The van der Waals surface area contributed by atoms with Crippen LogP contribution in [-0.4, -0.2) is 17.8 Å². The molecule has 0 aromatic rings. The van der Waals surface area contributed by atoms with Crippen molar-refractivity contribution in [1.29, 1.82) is 0 Å². The van der Waals surface area contributed by atoms with E-state index in [1.165, 1.54) is 64.2 Å². The molecule has 0 saturated heterocycles. The van der Waals surface area contributed by atoms with Crippen molar-refractivity contribution in [3.63, 3.8) is 0 Å². The highest BCUT2D eigenvalue weighted by atomic mass is 16.3. The maximum Gasteiger partial charge on any atom is 0.108 e. The van der Waals surface area contributed by atoms with Crippen molar-refractivity contribution in [2.24, 2.45) is 0 Å². The molecular formula is C14H32NO+. The smallest absolute Gasteiger partial charge is 0.108 e. The first-order valence-electron chi connectivity index (χ1n) is 7.25. The lowest BCUT2D eigenvalue weighted by Crippen LogP contribution is -2.62. The van der Waals surface area contributed by atoms with Crippen molar-refractivity contribution in [3.05, 3.63) is 0 Å². The normalized spacial score (nSPS) is 12.9. The standard InChI is InChI=1S/C14H31NO/c1-2-3-4-5-6-7-8-9-10-11-12-14(15)13-16/h14,16H,2-13,15H2,1H3/p+1. The molecule has 0 rings (SSSR count). The van der Waals surface area contributed by atoms with Crippen molar-refractivity contribution in [2.75, 3.05) is 6.61 Å². The van der Waals surface area contributed by atoms with Crippen LogP contribution in [0.2, 0.25) is 0 Å². The van der Waals surface area contributed by atoms with E-state index in [1.807, 2.05) is 0 Å². The predicted molar refractivity (Wildman–Crippen MR) is 70.2 cm³/mol. The van der Waals surface area contributed by atoms with Crippen molar-refractivity contribution in [1.82, 2.24) is 0 Å². The summed E-state index contributed by atoms with van der Waals surface area (Å²) in [6.07, 6.45) is 14.9. The van der Waals surface area contributed by atoms with Gasteiger partial charge in [-0.1, -0.05) is 64.7 Å². The Morgan fingerprint density at radius 1 is 0.812 bits per heavy atom. The zero-order chi connectivity index (χ0) is 12.1. The summed E-state index contributed by atoms with van der Waals surface area (Å²) < 4.78 is 0. The SMILES string of the molecule is CCCCCCCCCCCCC([NH3+])CO. The molecule has 0 aromatic heterocycles. The number of rotatable bonds is 12. The molecule has 0 aliphatic rings. The fraction of sp³-hybridized carbons (Fsp3) is 1.00. The number of quaternary nitrogens is 1. The third-order valence-corrected chi connectivity index (χ3v) is 3.22. The average Bonchev–Trinajstić information content (AvgIpc) is 2.31. The molecule has 0 aromatic carbocycles. The molecule has 0 amide bonds. The lowest BCUT2D eigenvalue weighted by atomic mass is 10.0.